The van der Waals surface area contributed by atoms with Crippen molar-refractivity contribution in [1.82, 2.24) is 20.2 Å². The average molecular weight is 592 g/mol. The van der Waals surface area contributed by atoms with Crippen LogP contribution >= 0.6 is 23.2 Å². The number of hydrogen-bond acceptors (Lipinski definition) is 6. The first-order valence-corrected chi connectivity index (χ1v) is 13.7. The molecule has 2 heterocycles. The summed E-state index contributed by atoms with van der Waals surface area (Å²) < 4.78 is 21.1. The van der Waals surface area contributed by atoms with Gasteiger partial charge in [-0.2, -0.15) is 4.99 Å². The Morgan fingerprint density at radius 1 is 1.35 bits per heavy atom. The summed E-state index contributed by atoms with van der Waals surface area (Å²) in [6.07, 6.45) is 12.4. The highest BCUT2D eigenvalue weighted by atomic mass is 35.5. The van der Waals surface area contributed by atoms with Gasteiger partial charge in [0.05, 0.1) is 26.5 Å². The molecule has 0 aromatic carbocycles. The predicted molar refractivity (Wildman–Crippen MR) is 163 cm³/mol. The number of imidazole rings is 1. The summed E-state index contributed by atoms with van der Waals surface area (Å²) in [5.74, 6) is 1.07. The summed E-state index contributed by atoms with van der Waals surface area (Å²) in [6.45, 7) is 11.8. The molecular weight excluding hydrogens is 554 g/mol. The van der Waals surface area contributed by atoms with Crippen LogP contribution in [0.1, 0.15) is 52.8 Å². The summed E-state index contributed by atoms with van der Waals surface area (Å²) in [5, 5.41) is 6.62. The van der Waals surface area contributed by atoms with Crippen LogP contribution in [-0.4, -0.2) is 53.6 Å². The topological polar surface area (TPSA) is 92.9 Å². The van der Waals surface area contributed by atoms with Gasteiger partial charge in [-0.3, -0.25) is 9.36 Å². The highest BCUT2D eigenvalue weighted by Crippen LogP contribution is 2.33. The van der Waals surface area contributed by atoms with E-state index in [1.807, 2.05) is 19.9 Å². The molecule has 1 amide bonds. The van der Waals surface area contributed by atoms with Crippen LogP contribution in [0.3, 0.4) is 0 Å². The Balaban J connectivity index is 2.39. The first-order valence-electron chi connectivity index (χ1n) is 12.9. The zero-order chi connectivity index (χ0) is 29.7. The normalized spacial score (nSPS) is 15.9. The number of carbonyl (C=O) groups excluding carboxylic acids is 1. The third-order valence-electron chi connectivity index (χ3n) is 5.67. The maximum Gasteiger partial charge on any atom is 0.221 e. The minimum Gasteiger partial charge on any atom is -0.504 e. The maximum atomic E-state index is 14.4. The Morgan fingerprint density at radius 3 is 2.75 bits per heavy atom. The number of amides is 1. The van der Waals surface area contributed by atoms with Crippen molar-refractivity contribution in [2.45, 2.75) is 53.1 Å². The lowest BCUT2D eigenvalue weighted by Crippen LogP contribution is -2.33. The second-order valence-electron chi connectivity index (χ2n) is 8.96. The monoisotopic (exact) mass is 590 g/mol. The number of halogens is 3. The molecular formula is C29H37Cl2FN6O2. The van der Waals surface area contributed by atoms with Gasteiger partial charge < -0.3 is 15.4 Å². The van der Waals surface area contributed by atoms with E-state index in [1.165, 1.54) is 26.4 Å². The number of allylic oxidation sites excluding steroid dienone is 8. The minimum absolute atomic E-state index is 0.137. The lowest BCUT2D eigenvalue weighted by Gasteiger charge is -2.16. The van der Waals surface area contributed by atoms with Crippen molar-refractivity contribution >= 4 is 46.5 Å². The number of unbranched alkanes of at least 4 members (excludes halogenated alkanes) is 1. The van der Waals surface area contributed by atoms with E-state index in [-0.39, 0.29) is 12.5 Å². The zero-order valence-corrected chi connectivity index (χ0v) is 25.1. The average Bonchev–Trinajstić information content (AvgIpc) is 3.30. The van der Waals surface area contributed by atoms with E-state index in [2.05, 4.69) is 27.2 Å². The molecule has 40 heavy (non-hydrogen) atoms. The molecule has 2 N–H and O–H groups in total. The molecule has 2 rings (SSSR count). The predicted octanol–water partition coefficient (Wildman–Crippen LogP) is 6.39. The van der Waals surface area contributed by atoms with E-state index in [4.69, 9.17) is 32.9 Å². The maximum absolute atomic E-state index is 14.4. The van der Waals surface area contributed by atoms with E-state index in [9.17, 15) is 9.18 Å². The van der Waals surface area contributed by atoms with Gasteiger partial charge in [0.2, 0.25) is 11.9 Å². The minimum atomic E-state index is -1.17. The fourth-order valence-electron chi connectivity index (χ4n) is 3.78. The van der Waals surface area contributed by atoms with E-state index in [0.717, 1.165) is 18.4 Å². The summed E-state index contributed by atoms with van der Waals surface area (Å²) in [5.41, 5.74) is 2.28. The van der Waals surface area contributed by atoms with Crippen LogP contribution in [0.5, 0.6) is 0 Å². The van der Waals surface area contributed by atoms with Crippen molar-refractivity contribution in [1.29, 1.82) is 0 Å². The highest BCUT2D eigenvalue weighted by molar-refractivity contribution is 6.37. The van der Waals surface area contributed by atoms with Crippen LogP contribution in [0.15, 0.2) is 86.4 Å². The Hall–Kier alpha value is -3.43. The van der Waals surface area contributed by atoms with Crippen molar-refractivity contribution in [2.24, 2.45) is 9.98 Å². The van der Waals surface area contributed by atoms with Crippen molar-refractivity contribution in [3.63, 3.8) is 0 Å². The van der Waals surface area contributed by atoms with Gasteiger partial charge >= 0.3 is 0 Å². The molecule has 0 bridgehead atoms. The lowest BCUT2D eigenvalue weighted by molar-refractivity contribution is -0.118. The molecule has 11 heteroatoms. The smallest absolute Gasteiger partial charge is 0.221 e. The Morgan fingerprint density at radius 2 is 2.10 bits per heavy atom. The summed E-state index contributed by atoms with van der Waals surface area (Å²) in [6, 6.07) is 0. The Bertz CT molecular complexity index is 1280. The number of rotatable bonds is 12. The van der Waals surface area contributed by atoms with Gasteiger partial charge in [-0.25, -0.2) is 14.4 Å². The van der Waals surface area contributed by atoms with Crippen molar-refractivity contribution in [2.75, 3.05) is 20.2 Å². The van der Waals surface area contributed by atoms with Crippen LogP contribution in [0, 0.1) is 0 Å². The molecule has 0 radical (unpaired) electrons. The first-order chi connectivity index (χ1) is 19.1. The van der Waals surface area contributed by atoms with Crippen molar-refractivity contribution in [3.05, 3.63) is 82.3 Å². The van der Waals surface area contributed by atoms with Crippen LogP contribution in [0.25, 0.3) is 5.57 Å². The van der Waals surface area contributed by atoms with Gasteiger partial charge in [-0.15, -0.1) is 0 Å². The molecule has 0 fully saturated rings. The number of alkyl halides is 1. The fourth-order valence-corrected chi connectivity index (χ4v) is 4.37. The number of methoxy groups -OCH3 is 1. The Kier molecular flexibility index (Phi) is 13.6. The molecule has 0 spiro atoms. The van der Waals surface area contributed by atoms with E-state index >= 15 is 0 Å². The fraction of sp³-hybridized carbons (Fsp3) is 0.379. The Labute approximate surface area is 245 Å². The molecule has 1 unspecified atom stereocenters. The third-order valence-corrected chi connectivity index (χ3v) is 6.18. The number of nitrogens with zero attached hydrogens (tertiary/aromatic N) is 4. The standard InChI is InChI=1S/C29H37Cl2FN6O2/c1-7-8-10-23(32)17-24(36-22(5)39)18-35-29-34-13-12-19(2)27(37-29)38-15-14-33-28(38)20(3)26(21(4)30)25(31)11-9-16-40-6/h9,11-12,14-17,23H,3,7-8,10,13,18H2,1-2,4-6H3,(H,34,35)(H,36,39)/b16-9+,24-17+,25-11+,26-21+. The summed E-state index contributed by atoms with van der Waals surface area (Å²) in [4.78, 5) is 25.4. The van der Waals surface area contributed by atoms with E-state index in [1.54, 1.807) is 36.0 Å². The van der Waals surface area contributed by atoms with Gasteiger partial charge in [-0.1, -0.05) is 55.6 Å². The van der Waals surface area contributed by atoms with Crippen molar-refractivity contribution < 1.29 is 13.9 Å². The van der Waals surface area contributed by atoms with Gasteiger partial charge in [-0.05, 0) is 44.1 Å². The molecule has 1 aliphatic rings. The molecule has 1 atom stereocenters. The largest absolute Gasteiger partial charge is 0.504 e. The SMILES string of the molecule is C=C(C(/C(Cl)=C\C=C\OC)=C(/C)Cl)c1nccn1C1=NC(NC/C(=C\C(F)CCCC)NC(C)=O)=NCC=C1C. The molecule has 0 aliphatic carbocycles. The molecule has 8 nitrogen and oxygen atoms in total. The van der Waals surface area contributed by atoms with Gasteiger partial charge in [0.1, 0.15) is 17.8 Å². The van der Waals surface area contributed by atoms with E-state index in [0.29, 0.717) is 57.5 Å². The van der Waals surface area contributed by atoms with Crippen LogP contribution in [-0.2, 0) is 9.53 Å². The van der Waals surface area contributed by atoms with E-state index < -0.39 is 6.17 Å². The second-order valence-corrected chi connectivity index (χ2v) is 9.93. The first kappa shape index (κ1) is 32.8. The van der Waals surface area contributed by atoms with Gasteiger partial charge in [0, 0.05) is 46.2 Å². The van der Waals surface area contributed by atoms with Crippen LogP contribution in [0.2, 0.25) is 0 Å². The van der Waals surface area contributed by atoms with Crippen molar-refractivity contribution in [3.8, 4) is 0 Å². The number of guanidine groups is 1. The van der Waals surface area contributed by atoms with Crippen LogP contribution < -0.4 is 10.6 Å². The molecule has 1 aromatic rings. The number of nitrogens with one attached hydrogen (secondary N) is 2. The number of ether oxygens (including phenoxy) is 1. The van der Waals surface area contributed by atoms with Gasteiger partial charge in [0.25, 0.3) is 0 Å². The molecule has 0 saturated carbocycles. The number of aliphatic imine (C=N–C) groups is 2. The molecule has 0 saturated heterocycles. The number of carbonyl (C=O) groups is 1. The quantitative estimate of drug-likeness (QED) is 0.218. The number of aromatic nitrogens is 2. The number of hydrogen-bond donors (Lipinski definition) is 2. The molecule has 1 aliphatic heterocycles. The third kappa shape index (κ3) is 9.95. The second kappa shape index (κ2) is 16.6. The lowest BCUT2D eigenvalue weighted by atomic mass is 10.1. The highest BCUT2D eigenvalue weighted by Gasteiger charge is 2.20. The zero-order valence-electron chi connectivity index (χ0n) is 23.6. The van der Waals surface area contributed by atoms with Crippen LogP contribution in [0.4, 0.5) is 4.39 Å². The molecule has 216 valence electrons. The molecule has 1 aromatic heterocycles. The summed E-state index contributed by atoms with van der Waals surface area (Å²) in [7, 11) is 1.54. The summed E-state index contributed by atoms with van der Waals surface area (Å²) >= 11 is 13.0. The van der Waals surface area contributed by atoms with Gasteiger partial charge in [0.15, 0.2) is 0 Å².